The van der Waals surface area contributed by atoms with Crippen LogP contribution in [0.2, 0.25) is 0 Å². The molecule has 4 nitrogen and oxygen atoms in total. The molecule has 1 N–H and O–H groups in total. The van der Waals surface area contributed by atoms with E-state index in [0.717, 1.165) is 32.7 Å². The van der Waals surface area contributed by atoms with E-state index in [2.05, 4.69) is 69.5 Å². The van der Waals surface area contributed by atoms with Crippen LogP contribution in [0.4, 0.5) is 5.69 Å². The maximum absolute atomic E-state index is 4.09. The van der Waals surface area contributed by atoms with E-state index in [1.54, 1.807) is 0 Å². The molecule has 2 heterocycles. The smallest absolute Gasteiger partial charge is 0.0571 e. The lowest BCUT2D eigenvalue weighted by Crippen LogP contribution is -2.53. The summed E-state index contributed by atoms with van der Waals surface area (Å²) < 4.78 is 0. The number of hydrogen-bond donors (Lipinski definition) is 1. The van der Waals surface area contributed by atoms with Crippen LogP contribution < -0.4 is 10.2 Å². The number of nitrogens with one attached hydrogen (secondary N) is 1. The summed E-state index contributed by atoms with van der Waals surface area (Å²) in [5.41, 5.74) is 2.62. The third kappa shape index (κ3) is 3.84. The normalized spacial score (nSPS) is 17.4. The van der Waals surface area contributed by atoms with Gasteiger partial charge in [-0.3, -0.25) is 15.2 Å². The molecule has 1 fully saturated rings. The summed E-state index contributed by atoms with van der Waals surface area (Å²) in [6.07, 6.45) is 4.14. The fourth-order valence-corrected chi connectivity index (χ4v) is 2.91. The Balaban J connectivity index is 1.46. The van der Waals surface area contributed by atoms with Crippen LogP contribution in [0.25, 0.3) is 0 Å². The molecule has 4 heteroatoms. The zero-order valence-corrected chi connectivity index (χ0v) is 13.2. The SMILES string of the molecule is CC(NCc1ccccc1)N1CCN(c2ccncc2)CC1. The fraction of sp³-hybridized carbons (Fsp3) is 0.389. The van der Waals surface area contributed by atoms with Crippen LogP contribution in [0.15, 0.2) is 54.9 Å². The van der Waals surface area contributed by atoms with Crippen LogP contribution in [0, 0.1) is 0 Å². The Bertz CT molecular complexity index is 550. The van der Waals surface area contributed by atoms with Crippen molar-refractivity contribution in [3.05, 3.63) is 60.4 Å². The van der Waals surface area contributed by atoms with Crippen LogP contribution in [0.1, 0.15) is 12.5 Å². The lowest BCUT2D eigenvalue weighted by molar-refractivity contribution is 0.167. The van der Waals surface area contributed by atoms with Crippen LogP contribution in [0.5, 0.6) is 0 Å². The highest BCUT2D eigenvalue weighted by atomic mass is 15.3. The lowest BCUT2D eigenvalue weighted by Gasteiger charge is -2.39. The standard InChI is InChI=1S/C18H24N4/c1-16(20-15-17-5-3-2-4-6-17)21-11-13-22(14-12-21)18-7-9-19-10-8-18/h2-10,16,20H,11-15H2,1H3. The first-order chi connectivity index (χ1) is 10.8. The van der Waals surface area contributed by atoms with Gasteiger partial charge in [0, 0.05) is 50.8 Å². The third-order valence-corrected chi connectivity index (χ3v) is 4.33. The van der Waals surface area contributed by atoms with E-state index in [1.165, 1.54) is 11.3 Å². The Morgan fingerprint density at radius 2 is 1.68 bits per heavy atom. The van der Waals surface area contributed by atoms with E-state index in [9.17, 15) is 0 Å². The van der Waals surface area contributed by atoms with Crippen molar-refractivity contribution in [3.63, 3.8) is 0 Å². The summed E-state index contributed by atoms with van der Waals surface area (Å²) >= 11 is 0. The average molecular weight is 296 g/mol. The van der Waals surface area contributed by atoms with E-state index < -0.39 is 0 Å². The molecule has 0 aliphatic carbocycles. The van der Waals surface area contributed by atoms with Gasteiger partial charge < -0.3 is 4.90 Å². The molecule has 1 saturated heterocycles. The number of rotatable bonds is 5. The molecule has 2 aromatic rings. The monoisotopic (exact) mass is 296 g/mol. The highest BCUT2D eigenvalue weighted by Crippen LogP contribution is 2.15. The molecule has 0 spiro atoms. The van der Waals surface area contributed by atoms with E-state index >= 15 is 0 Å². The highest BCUT2D eigenvalue weighted by Gasteiger charge is 2.20. The molecule has 3 rings (SSSR count). The van der Waals surface area contributed by atoms with Gasteiger partial charge >= 0.3 is 0 Å². The van der Waals surface area contributed by atoms with E-state index in [-0.39, 0.29) is 0 Å². The van der Waals surface area contributed by atoms with Crippen molar-refractivity contribution < 1.29 is 0 Å². The van der Waals surface area contributed by atoms with Crippen molar-refractivity contribution in [1.82, 2.24) is 15.2 Å². The minimum absolute atomic E-state index is 0.403. The molecule has 1 aromatic heterocycles. The average Bonchev–Trinajstić information content (AvgIpc) is 2.61. The molecular formula is C18H24N4. The van der Waals surface area contributed by atoms with Gasteiger partial charge in [0.05, 0.1) is 6.17 Å². The second kappa shape index (κ2) is 7.38. The maximum atomic E-state index is 4.09. The summed E-state index contributed by atoms with van der Waals surface area (Å²) in [5.74, 6) is 0. The first kappa shape index (κ1) is 15.0. The van der Waals surface area contributed by atoms with Crippen LogP contribution in [-0.4, -0.2) is 42.2 Å². The highest BCUT2D eigenvalue weighted by molar-refractivity contribution is 5.44. The predicted molar refractivity (Wildman–Crippen MR) is 90.8 cm³/mol. The number of pyridine rings is 1. The molecule has 0 amide bonds. The van der Waals surface area contributed by atoms with Crippen molar-refractivity contribution in [2.45, 2.75) is 19.6 Å². The second-order valence-corrected chi connectivity index (χ2v) is 5.77. The van der Waals surface area contributed by atoms with Crippen molar-refractivity contribution in [3.8, 4) is 0 Å². The van der Waals surface area contributed by atoms with Gasteiger partial charge in [-0.25, -0.2) is 0 Å². The minimum atomic E-state index is 0.403. The number of piperazine rings is 1. The Morgan fingerprint density at radius 3 is 2.36 bits per heavy atom. The molecule has 22 heavy (non-hydrogen) atoms. The number of anilines is 1. The first-order valence-electron chi connectivity index (χ1n) is 7.99. The van der Waals surface area contributed by atoms with Gasteiger partial charge in [-0.1, -0.05) is 30.3 Å². The molecule has 0 saturated carbocycles. The maximum Gasteiger partial charge on any atom is 0.0571 e. The van der Waals surface area contributed by atoms with E-state index in [4.69, 9.17) is 0 Å². The summed E-state index contributed by atoms with van der Waals surface area (Å²) in [5, 5.41) is 3.62. The van der Waals surface area contributed by atoms with Gasteiger partial charge in [0.1, 0.15) is 0 Å². The zero-order chi connectivity index (χ0) is 15.2. The Kier molecular flexibility index (Phi) is 5.03. The largest absolute Gasteiger partial charge is 0.369 e. The Hall–Kier alpha value is -1.91. The second-order valence-electron chi connectivity index (χ2n) is 5.77. The Morgan fingerprint density at radius 1 is 1.00 bits per heavy atom. The third-order valence-electron chi connectivity index (χ3n) is 4.33. The van der Waals surface area contributed by atoms with Crippen LogP contribution >= 0.6 is 0 Å². The van der Waals surface area contributed by atoms with Crippen molar-refractivity contribution in [2.75, 3.05) is 31.1 Å². The molecule has 116 valence electrons. The zero-order valence-electron chi connectivity index (χ0n) is 13.2. The van der Waals surface area contributed by atoms with Crippen molar-refractivity contribution >= 4 is 5.69 Å². The van der Waals surface area contributed by atoms with E-state index in [1.807, 2.05) is 12.4 Å². The molecule has 1 aromatic carbocycles. The van der Waals surface area contributed by atoms with Gasteiger partial charge in [-0.15, -0.1) is 0 Å². The van der Waals surface area contributed by atoms with Crippen LogP contribution in [0.3, 0.4) is 0 Å². The summed E-state index contributed by atoms with van der Waals surface area (Å²) in [4.78, 5) is 9.04. The van der Waals surface area contributed by atoms with Gasteiger partial charge in [0.25, 0.3) is 0 Å². The summed E-state index contributed by atoms with van der Waals surface area (Å²) in [6, 6.07) is 14.8. The molecule has 0 radical (unpaired) electrons. The lowest BCUT2D eigenvalue weighted by atomic mass is 10.2. The number of hydrogen-bond acceptors (Lipinski definition) is 4. The number of aromatic nitrogens is 1. The number of nitrogens with zero attached hydrogens (tertiary/aromatic N) is 3. The summed E-state index contributed by atoms with van der Waals surface area (Å²) in [6.45, 7) is 7.50. The Labute approximate surface area is 132 Å². The number of benzene rings is 1. The minimum Gasteiger partial charge on any atom is -0.369 e. The van der Waals surface area contributed by atoms with Crippen LogP contribution in [-0.2, 0) is 6.54 Å². The summed E-state index contributed by atoms with van der Waals surface area (Å²) in [7, 11) is 0. The van der Waals surface area contributed by atoms with Crippen molar-refractivity contribution in [2.24, 2.45) is 0 Å². The predicted octanol–water partition coefficient (Wildman–Crippen LogP) is 2.34. The first-order valence-corrected chi connectivity index (χ1v) is 7.99. The van der Waals surface area contributed by atoms with Crippen molar-refractivity contribution in [1.29, 1.82) is 0 Å². The molecular weight excluding hydrogens is 272 g/mol. The van der Waals surface area contributed by atoms with Gasteiger partial charge in [-0.2, -0.15) is 0 Å². The molecule has 1 atom stereocenters. The topological polar surface area (TPSA) is 31.4 Å². The van der Waals surface area contributed by atoms with Gasteiger partial charge in [0.15, 0.2) is 0 Å². The molecule has 1 aliphatic heterocycles. The van der Waals surface area contributed by atoms with Gasteiger partial charge in [0.2, 0.25) is 0 Å². The molecule has 0 bridgehead atoms. The van der Waals surface area contributed by atoms with E-state index in [0.29, 0.717) is 6.17 Å². The fourth-order valence-electron chi connectivity index (χ4n) is 2.91. The molecule has 1 aliphatic rings. The quantitative estimate of drug-likeness (QED) is 0.918. The van der Waals surface area contributed by atoms with Gasteiger partial charge in [-0.05, 0) is 24.6 Å². The molecule has 1 unspecified atom stereocenters.